The standard InChI is InChI=1S/C25H27F2NO4/c1-6-24(17(4)30)31-19-8-7-15(2)18(11-19)13-28-16(3)22(14-29)21-10-9-20(12-23(21)28)32-25(5,26)27/h7-12,14,24,30H,4,6,13H2,1-3,5H3. The number of fused-ring (bicyclic) bond motifs is 1. The van der Waals surface area contributed by atoms with E-state index in [1.807, 2.05) is 43.5 Å². The van der Waals surface area contributed by atoms with E-state index >= 15 is 0 Å². The third-order valence-electron chi connectivity index (χ3n) is 5.43. The fourth-order valence-electron chi connectivity index (χ4n) is 3.72. The van der Waals surface area contributed by atoms with Crippen LogP contribution in [0.1, 0.15) is 47.4 Å². The molecule has 0 bridgehead atoms. The van der Waals surface area contributed by atoms with E-state index < -0.39 is 12.2 Å². The van der Waals surface area contributed by atoms with Crippen LogP contribution in [0.25, 0.3) is 10.9 Å². The van der Waals surface area contributed by atoms with Gasteiger partial charge in [-0.3, -0.25) is 4.79 Å². The van der Waals surface area contributed by atoms with Crippen LogP contribution in [0.2, 0.25) is 0 Å². The van der Waals surface area contributed by atoms with Gasteiger partial charge in [-0.25, -0.2) is 0 Å². The van der Waals surface area contributed by atoms with E-state index in [0.717, 1.165) is 23.1 Å². The molecule has 1 N–H and O–H groups in total. The van der Waals surface area contributed by atoms with Crippen molar-refractivity contribution in [1.29, 1.82) is 0 Å². The second-order valence-corrected chi connectivity index (χ2v) is 7.89. The lowest BCUT2D eigenvalue weighted by atomic mass is 10.1. The molecule has 0 aliphatic carbocycles. The molecule has 0 aliphatic heterocycles. The van der Waals surface area contributed by atoms with Gasteiger partial charge in [-0.1, -0.05) is 19.6 Å². The minimum Gasteiger partial charge on any atom is -0.509 e. The van der Waals surface area contributed by atoms with Crippen molar-refractivity contribution >= 4 is 17.2 Å². The van der Waals surface area contributed by atoms with Gasteiger partial charge in [0.25, 0.3) is 0 Å². The van der Waals surface area contributed by atoms with Gasteiger partial charge < -0.3 is 19.1 Å². The highest BCUT2D eigenvalue weighted by atomic mass is 19.3. The summed E-state index contributed by atoms with van der Waals surface area (Å²) in [7, 11) is 0. The van der Waals surface area contributed by atoms with Crippen LogP contribution >= 0.6 is 0 Å². The molecule has 0 saturated carbocycles. The van der Waals surface area contributed by atoms with Crippen molar-refractivity contribution in [2.75, 3.05) is 0 Å². The zero-order valence-corrected chi connectivity index (χ0v) is 18.6. The molecule has 0 spiro atoms. The molecular formula is C25H27F2NO4. The minimum atomic E-state index is -3.32. The summed E-state index contributed by atoms with van der Waals surface area (Å²) < 4.78 is 39.2. The average Bonchev–Trinajstić information content (AvgIpc) is 2.97. The number of hydrogen-bond acceptors (Lipinski definition) is 4. The summed E-state index contributed by atoms with van der Waals surface area (Å²) >= 11 is 0. The minimum absolute atomic E-state index is 0.0160. The van der Waals surface area contributed by atoms with E-state index in [4.69, 9.17) is 9.47 Å². The second kappa shape index (κ2) is 9.02. The van der Waals surface area contributed by atoms with Crippen LogP contribution in [-0.4, -0.2) is 28.2 Å². The number of carbonyl (C=O) groups is 1. The summed E-state index contributed by atoms with van der Waals surface area (Å²) in [6, 6.07) is 10.2. The quantitative estimate of drug-likeness (QED) is 0.310. The van der Waals surface area contributed by atoms with Gasteiger partial charge in [-0.2, -0.15) is 8.78 Å². The van der Waals surface area contributed by atoms with Crippen molar-refractivity contribution in [3.05, 3.63) is 71.1 Å². The number of aryl methyl sites for hydroxylation is 1. The number of benzene rings is 2. The molecule has 3 aromatic rings. The topological polar surface area (TPSA) is 60.7 Å². The Hall–Kier alpha value is -3.35. The molecule has 0 saturated heterocycles. The number of ether oxygens (including phenoxy) is 2. The first kappa shape index (κ1) is 23.3. The molecular weight excluding hydrogens is 416 g/mol. The van der Waals surface area contributed by atoms with E-state index in [9.17, 15) is 18.7 Å². The van der Waals surface area contributed by atoms with Gasteiger partial charge in [0, 0.05) is 36.2 Å². The van der Waals surface area contributed by atoms with Gasteiger partial charge in [0.2, 0.25) is 0 Å². The van der Waals surface area contributed by atoms with Gasteiger partial charge in [-0.05, 0) is 55.7 Å². The third-order valence-corrected chi connectivity index (χ3v) is 5.43. The zero-order chi connectivity index (χ0) is 23.6. The molecule has 1 unspecified atom stereocenters. The van der Waals surface area contributed by atoms with Gasteiger partial charge in [0.05, 0.1) is 5.52 Å². The number of rotatable bonds is 9. The van der Waals surface area contributed by atoms with Crippen LogP contribution in [-0.2, 0) is 6.54 Å². The van der Waals surface area contributed by atoms with Crippen LogP contribution in [0.3, 0.4) is 0 Å². The molecule has 1 atom stereocenters. The summed E-state index contributed by atoms with van der Waals surface area (Å²) in [5, 5.41) is 10.4. The smallest absolute Gasteiger partial charge is 0.394 e. The van der Waals surface area contributed by atoms with Gasteiger partial charge in [-0.15, -0.1) is 0 Å². The summed E-state index contributed by atoms with van der Waals surface area (Å²) in [4.78, 5) is 11.7. The SMILES string of the molecule is C=C(O)C(CC)Oc1ccc(C)c(Cn2c(C)c(C=O)c3ccc(OC(C)(F)F)cc32)c1. The first-order valence-electron chi connectivity index (χ1n) is 10.3. The van der Waals surface area contributed by atoms with Gasteiger partial charge in [0.1, 0.15) is 17.3 Å². The predicted molar refractivity (Wildman–Crippen MR) is 120 cm³/mol. The third kappa shape index (κ3) is 4.93. The molecule has 0 amide bonds. The largest absolute Gasteiger partial charge is 0.509 e. The van der Waals surface area contributed by atoms with Crippen molar-refractivity contribution in [2.24, 2.45) is 0 Å². The van der Waals surface area contributed by atoms with Crippen LogP contribution < -0.4 is 9.47 Å². The molecule has 170 valence electrons. The summed E-state index contributed by atoms with van der Waals surface area (Å²) in [5.74, 6) is 0.548. The first-order valence-corrected chi connectivity index (χ1v) is 10.3. The summed E-state index contributed by atoms with van der Waals surface area (Å²) in [5.41, 5.74) is 3.76. The molecule has 0 fully saturated rings. The highest BCUT2D eigenvalue weighted by Gasteiger charge is 2.24. The van der Waals surface area contributed by atoms with Crippen molar-refractivity contribution < 1.29 is 28.2 Å². The number of hydrogen-bond donors (Lipinski definition) is 1. The molecule has 2 aromatic carbocycles. The maximum absolute atomic E-state index is 13.4. The van der Waals surface area contributed by atoms with Crippen molar-refractivity contribution in [3.63, 3.8) is 0 Å². The number of alkyl halides is 2. The van der Waals surface area contributed by atoms with Crippen LogP contribution in [0.15, 0.2) is 48.7 Å². The molecule has 32 heavy (non-hydrogen) atoms. The maximum atomic E-state index is 13.4. The fraction of sp³-hybridized carbons (Fsp3) is 0.320. The second-order valence-electron chi connectivity index (χ2n) is 7.89. The van der Waals surface area contributed by atoms with E-state index in [0.29, 0.717) is 42.1 Å². The zero-order valence-electron chi connectivity index (χ0n) is 18.6. The molecule has 1 aromatic heterocycles. The first-order chi connectivity index (χ1) is 15.0. The Morgan fingerprint density at radius 1 is 1.22 bits per heavy atom. The summed E-state index contributed by atoms with van der Waals surface area (Å²) in [6.45, 7) is 10.3. The number of aromatic nitrogens is 1. The van der Waals surface area contributed by atoms with E-state index in [1.165, 1.54) is 12.1 Å². The molecule has 3 rings (SSSR count). The normalized spacial score (nSPS) is 12.6. The Morgan fingerprint density at radius 2 is 1.91 bits per heavy atom. The molecule has 0 radical (unpaired) electrons. The fourth-order valence-corrected chi connectivity index (χ4v) is 3.72. The molecule has 7 heteroatoms. The van der Waals surface area contributed by atoms with Crippen molar-refractivity contribution in [1.82, 2.24) is 4.57 Å². The number of aliphatic hydroxyl groups excluding tert-OH is 1. The van der Waals surface area contributed by atoms with Crippen LogP contribution in [0.4, 0.5) is 8.78 Å². The maximum Gasteiger partial charge on any atom is 0.394 e. The Labute approximate surface area is 185 Å². The van der Waals surface area contributed by atoms with E-state index in [2.05, 4.69) is 6.58 Å². The Kier molecular flexibility index (Phi) is 6.57. The molecule has 1 heterocycles. The lowest BCUT2D eigenvalue weighted by Gasteiger charge is -2.18. The highest BCUT2D eigenvalue weighted by Crippen LogP contribution is 2.32. The number of aliphatic hydroxyl groups is 1. The molecule has 5 nitrogen and oxygen atoms in total. The van der Waals surface area contributed by atoms with E-state index in [-0.39, 0.29) is 11.5 Å². The summed E-state index contributed by atoms with van der Waals surface area (Å²) in [6.07, 6.45) is -2.50. The number of aldehydes is 1. The Balaban J connectivity index is 2.05. The van der Waals surface area contributed by atoms with Gasteiger partial charge in [0.15, 0.2) is 12.4 Å². The molecule has 0 aliphatic rings. The highest BCUT2D eigenvalue weighted by molar-refractivity contribution is 6.00. The number of halogens is 2. The monoisotopic (exact) mass is 443 g/mol. The lowest BCUT2D eigenvalue weighted by Crippen LogP contribution is -2.19. The number of nitrogens with zero attached hydrogens (tertiary/aromatic N) is 1. The van der Waals surface area contributed by atoms with E-state index in [1.54, 1.807) is 6.07 Å². The Morgan fingerprint density at radius 3 is 2.50 bits per heavy atom. The predicted octanol–water partition coefficient (Wildman–Crippen LogP) is 6.34. The van der Waals surface area contributed by atoms with Crippen molar-refractivity contribution in [3.8, 4) is 11.5 Å². The van der Waals surface area contributed by atoms with Crippen LogP contribution in [0.5, 0.6) is 11.5 Å². The lowest BCUT2D eigenvalue weighted by molar-refractivity contribution is -0.158. The van der Waals surface area contributed by atoms with Crippen LogP contribution in [0, 0.1) is 13.8 Å². The number of carbonyl (C=O) groups excluding carboxylic acids is 1. The van der Waals surface area contributed by atoms with Crippen molar-refractivity contribution in [2.45, 2.75) is 52.9 Å². The van der Waals surface area contributed by atoms with Gasteiger partial charge >= 0.3 is 6.11 Å². The average molecular weight is 443 g/mol. The Bertz CT molecular complexity index is 1160.